The fourth-order valence-corrected chi connectivity index (χ4v) is 4.14. The summed E-state index contributed by atoms with van der Waals surface area (Å²) in [5.41, 5.74) is 0. The van der Waals surface area contributed by atoms with Gasteiger partial charge in [0.05, 0.1) is 12.1 Å². The smallest absolute Gasteiger partial charge is 0.260 e. The Bertz CT molecular complexity index is 664. The molecule has 0 bridgehead atoms. The van der Waals surface area contributed by atoms with Crippen LogP contribution < -0.4 is 5.32 Å². The second kappa shape index (κ2) is 8.73. The zero-order valence-electron chi connectivity index (χ0n) is 14.6. The predicted octanol–water partition coefficient (Wildman–Crippen LogP) is 0.962. The average molecular weight is 368 g/mol. The van der Waals surface area contributed by atoms with Gasteiger partial charge in [-0.05, 0) is 37.3 Å². The lowest BCUT2D eigenvalue weighted by Crippen LogP contribution is -2.47. The first-order valence-corrected chi connectivity index (χ1v) is 9.97. The highest BCUT2D eigenvalue weighted by atomic mass is 32.2. The van der Waals surface area contributed by atoms with E-state index in [0.717, 1.165) is 0 Å². The van der Waals surface area contributed by atoms with Gasteiger partial charge < -0.3 is 10.4 Å². The summed E-state index contributed by atoms with van der Waals surface area (Å²) < 4.78 is 26.5. The summed E-state index contributed by atoms with van der Waals surface area (Å²) in [6, 6.07) is 4.24. The number of hydrogen-bond acceptors (Lipinski definition) is 5. The highest BCUT2D eigenvalue weighted by Gasteiger charge is 2.33. The molecule has 1 aliphatic heterocycles. The van der Waals surface area contributed by atoms with Gasteiger partial charge in [-0.25, -0.2) is 13.4 Å². The highest BCUT2D eigenvalue weighted by molar-refractivity contribution is 7.89. The maximum atomic E-state index is 12.7. The van der Waals surface area contributed by atoms with Gasteiger partial charge in [-0.3, -0.25) is 4.79 Å². The number of aliphatic hydroxyl groups excluding tert-OH is 1. The summed E-state index contributed by atoms with van der Waals surface area (Å²) in [5.74, 6) is 0.155. The van der Waals surface area contributed by atoms with Gasteiger partial charge in [0.15, 0.2) is 5.03 Å². The van der Waals surface area contributed by atoms with E-state index in [1.165, 1.54) is 16.6 Å². The van der Waals surface area contributed by atoms with E-state index in [0.29, 0.717) is 25.2 Å². The number of carbonyl (C=O) groups is 1. The second-order valence-electron chi connectivity index (χ2n) is 6.69. The van der Waals surface area contributed by atoms with Crippen molar-refractivity contribution < 1.29 is 18.3 Å². The van der Waals surface area contributed by atoms with Crippen molar-refractivity contribution in [1.29, 1.82) is 0 Å². The van der Waals surface area contributed by atoms with E-state index in [1.54, 1.807) is 18.6 Å². The van der Waals surface area contributed by atoms with Gasteiger partial charge in [0.25, 0.3) is 10.0 Å². The molecule has 25 heavy (non-hydrogen) atoms. The molecule has 1 fully saturated rings. The summed E-state index contributed by atoms with van der Waals surface area (Å²) in [7, 11) is -3.75. The molecule has 1 radical (unpaired) electrons. The molecular weight excluding hydrogens is 342 g/mol. The normalized spacial score (nSPS) is 22.6. The fraction of sp³-hybridized carbons (Fsp3) is 0.588. The molecule has 1 aliphatic rings. The number of nitrogens with zero attached hydrogens (tertiary/aromatic N) is 2. The van der Waals surface area contributed by atoms with Crippen LogP contribution in [0.4, 0.5) is 0 Å². The van der Waals surface area contributed by atoms with E-state index < -0.39 is 22.2 Å². The third kappa shape index (κ3) is 5.49. The minimum absolute atomic E-state index is 0.0325. The van der Waals surface area contributed by atoms with Gasteiger partial charge in [-0.15, -0.1) is 0 Å². The summed E-state index contributed by atoms with van der Waals surface area (Å²) in [4.78, 5) is 15.9. The van der Waals surface area contributed by atoms with Crippen LogP contribution in [0.25, 0.3) is 0 Å². The predicted molar refractivity (Wildman–Crippen MR) is 93.9 cm³/mol. The molecule has 2 N–H and O–H groups in total. The Morgan fingerprint density at radius 2 is 2.24 bits per heavy atom. The lowest BCUT2D eigenvalue weighted by Gasteiger charge is -2.24. The summed E-state index contributed by atoms with van der Waals surface area (Å²) in [6.45, 7) is 4.27. The first-order valence-electron chi connectivity index (χ1n) is 8.53. The van der Waals surface area contributed by atoms with Crippen LogP contribution in [0.1, 0.15) is 33.1 Å². The van der Waals surface area contributed by atoms with E-state index in [9.17, 15) is 18.3 Å². The third-order valence-electron chi connectivity index (χ3n) is 4.12. The number of β-amino-alcohol motifs (C(OH)–C–C–N with tert-alkyl or cyclic N) is 1. The first kappa shape index (κ1) is 19.8. The molecule has 2 atom stereocenters. The molecule has 1 aromatic heterocycles. The van der Waals surface area contributed by atoms with Gasteiger partial charge in [0, 0.05) is 25.7 Å². The van der Waals surface area contributed by atoms with Crippen LogP contribution in [0.5, 0.6) is 0 Å². The second-order valence-corrected chi connectivity index (χ2v) is 8.57. The summed E-state index contributed by atoms with van der Waals surface area (Å²) in [6.07, 6.45) is 3.78. The Kier molecular flexibility index (Phi) is 6.92. The molecule has 139 valence electrons. The molecule has 0 aliphatic carbocycles. The van der Waals surface area contributed by atoms with Crippen molar-refractivity contribution >= 4 is 15.9 Å². The number of pyridine rings is 1. The van der Waals surface area contributed by atoms with Crippen LogP contribution in [0.15, 0.2) is 29.4 Å². The van der Waals surface area contributed by atoms with Crippen molar-refractivity contribution in [3.63, 3.8) is 0 Å². The van der Waals surface area contributed by atoms with Gasteiger partial charge in [0.2, 0.25) is 5.91 Å². The van der Waals surface area contributed by atoms with Crippen molar-refractivity contribution in [2.24, 2.45) is 5.92 Å². The van der Waals surface area contributed by atoms with Crippen molar-refractivity contribution in [1.82, 2.24) is 14.6 Å². The molecular formula is C17H26N3O4S. The average Bonchev–Trinajstić information content (AvgIpc) is 2.76. The Hall–Kier alpha value is -1.51. The van der Waals surface area contributed by atoms with Crippen LogP contribution in [0.2, 0.25) is 0 Å². The third-order valence-corrected chi connectivity index (χ3v) is 5.90. The lowest BCUT2D eigenvalue weighted by atomic mass is 10.0. The van der Waals surface area contributed by atoms with Crippen LogP contribution in [-0.4, -0.2) is 54.0 Å². The Morgan fingerprint density at radius 1 is 1.48 bits per heavy atom. The van der Waals surface area contributed by atoms with Gasteiger partial charge >= 0.3 is 0 Å². The number of aliphatic hydroxyl groups is 1. The molecule has 1 saturated heterocycles. The van der Waals surface area contributed by atoms with Crippen molar-refractivity contribution in [2.45, 2.75) is 50.3 Å². The van der Waals surface area contributed by atoms with E-state index in [2.05, 4.69) is 10.3 Å². The Labute approximate surface area is 149 Å². The minimum atomic E-state index is -3.75. The quantitative estimate of drug-likeness (QED) is 0.779. The number of rotatable bonds is 6. The molecule has 2 rings (SSSR count). The topological polar surface area (TPSA) is 99.6 Å². The van der Waals surface area contributed by atoms with Gasteiger partial charge in [-0.2, -0.15) is 4.31 Å². The first-order chi connectivity index (χ1) is 11.8. The van der Waals surface area contributed by atoms with Gasteiger partial charge in [0.1, 0.15) is 0 Å². The number of sulfonamides is 1. The maximum Gasteiger partial charge on any atom is 0.260 e. The highest BCUT2D eigenvalue weighted by Crippen LogP contribution is 2.19. The molecule has 7 nitrogen and oxygen atoms in total. The monoisotopic (exact) mass is 368 g/mol. The van der Waals surface area contributed by atoms with Gasteiger partial charge in [-0.1, -0.05) is 19.9 Å². The maximum absolute atomic E-state index is 12.7. The molecule has 1 amide bonds. The summed E-state index contributed by atoms with van der Waals surface area (Å²) >= 11 is 0. The standard InChI is InChI=1S/C17H26N3O4S/c1-13(2)8-9-16(22)19-14-6-5-11-20(12-15(14)21)25(23,24)17-7-3-4-10-18-17/h3-4,7,9-10,13-15,21H,5-6,8,11-12H2,1-2H3,(H,19,22)/t14?,15-/m0/s1. The van der Waals surface area contributed by atoms with E-state index >= 15 is 0 Å². The lowest BCUT2D eigenvalue weighted by molar-refractivity contribution is -0.119. The van der Waals surface area contributed by atoms with E-state index in [-0.39, 0.29) is 24.0 Å². The minimum Gasteiger partial charge on any atom is -0.390 e. The van der Waals surface area contributed by atoms with Crippen LogP contribution in [-0.2, 0) is 14.8 Å². The zero-order valence-corrected chi connectivity index (χ0v) is 15.4. The molecule has 8 heteroatoms. The summed E-state index contributed by atoms with van der Waals surface area (Å²) in [5, 5.41) is 13.2. The Balaban J connectivity index is 2.01. The Morgan fingerprint density at radius 3 is 2.88 bits per heavy atom. The molecule has 1 aromatic rings. The van der Waals surface area contributed by atoms with E-state index in [4.69, 9.17) is 0 Å². The zero-order chi connectivity index (χ0) is 18.4. The van der Waals surface area contributed by atoms with Crippen molar-refractivity contribution in [3.05, 3.63) is 30.8 Å². The molecule has 0 saturated carbocycles. The number of nitrogens with one attached hydrogen (secondary N) is 1. The number of carbonyl (C=O) groups excluding carboxylic acids is 1. The molecule has 0 spiro atoms. The largest absolute Gasteiger partial charge is 0.390 e. The van der Waals surface area contributed by atoms with E-state index in [1.807, 2.05) is 13.8 Å². The fourth-order valence-electron chi connectivity index (χ4n) is 2.71. The van der Waals surface area contributed by atoms with Crippen molar-refractivity contribution in [3.8, 4) is 0 Å². The molecule has 0 aromatic carbocycles. The van der Waals surface area contributed by atoms with Crippen LogP contribution in [0, 0.1) is 12.3 Å². The number of aromatic nitrogens is 1. The molecule has 1 unspecified atom stereocenters. The van der Waals surface area contributed by atoms with Crippen LogP contribution in [0.3, 0.4) is 0 Å². The van der Waals surface area contributed by atoms with Crippen molar-refractivity contribution in [2.75, 3.05) is 13.1 Å². The number of hydrogen-bond donors (Lipinski definition) is 2. The molecule has 2 heterocycles. The SMILES string of the molecule is CC(C)C[CH]C(=O)NC1CCCN(S(=O)(=O)c2ccccn2)C[C@@H]1O. The van der Waals surface area contributed by atoms with Crippen LogP contribution >= 0.6 is 0 Å². The number of amides is 1.